The van der Waals surface area contributed by atoms with Gasteiger partial charge >= 0.3 is 0 Å². The first-order chi connectivity index (χ1) is 14.0. The molecule has 0 unspecified atom stereocenters. The topological polar surface area (TPSA) is 114 Å². The van der Waals surface area contributed by atoms with Gasteiger partial charge in [0.1, 0.15) is 11.5 Å². The van der Waals surface area contributed by atoms with Crippen LogP contribution in [0.2, 0.25) is 0 Å². The van der Waals surface area contributed by atoms with Crippen molar-refractivity contribution in [2.45, 2.75) is 38.6 Å². The van der Waals surface area contributed by atoms with Crippen LogP contribution in [0.3, 0.4) is 0 Å². The number of nitrogens with one attached hydrogen (secondary N) is 3. The largest absolute Gasteiger partial charge is 0.393 e. The fourth-order valence-electron chi connectivity index (χ4n) is 2.91. The second-order valence-electron chi connectivity index (χ2n) is 7.16. The summed E-state index contributed by atoms with van der Waals surface area (Å²) in [5.74, 6) is 0.535. The van der Waals surface area contributed by atoms with Crippen LogP contribution >= 0.6 is 0 Å². The molecule has 8 nitrogen and oxygen atoms in total. The summed E-state index contributed by atoms with van der Waals surface area (Å²) >= 11 is 0. The maximum Gasteiger partial charge on any atom is 0.269 e. The third-order valence-corrected chi connectivity index (χ3v) is 4.78. The van der Waals surface area contributed by atoms with Gasteiger partial charge < -0.3 is 26.3 Å². The number of allylic oxidation sites excluding steroid dienone is 1. The Balaban J connectivity index is 1.75. The van der Waals surface area contributed by atoms with E-state index in [9.17, 15) is 9.59 Å². The molecule has 8 heteroatoms. The lowest BCUT2D eigenvalue weighted by atomic mass is 10.1. The van der Waals surface area contributed by atoms with E-state index in [1.807, 2.05) is 24.7 Å². The molecular formula is C21H28N6O2. The molecule has 1 aliphatic rings. The lowest BCUT2D eigenvalue weighted by Gasteiger charge is -2.15. The zero-order valence-electron chi connectivity index (χ0n) is 16.9. The van der Waals surface area contributed by atoms with Gasteiger partial charge in [-0.05, 0) is 50.5 Å². The molecule has 0 saturated heterocycles. The SMILES string of the molecule is CCNC(=O)c1ccc(N/C(CCc2nccn2C)=C(\N)C(=O)NC2CC2)cc1. The van der Waals surface area contributed by atoms with Gasteiger partial charge in [-0.1, -0.05) is 0 Å². The molecule has 0 radical (unpaired) electrons. The van der Waals surface area contributed by atoms with Crippen molar-refractivity contribution in [2.75, 3.05) is 11.9 Å². The van der Waals surface area contributed by atoms with Crippen molar-refractivity contribution in [1.82, 2.24) is 20.2 Å². The van der Waals surface area contributed by atoms with Crippen LogP contribution in [0.1, 0.15) is 42.4 Å². The van der Waals surface area contributed by atoms with Crippen molar-refractivity contribution in [2.24, 2.45) is 12.8 Å². The van der Waals surface area contributed by atoms with Crippen molar-refractivity contribution >= 4 is 17.5 Å². The molecule has 0 spiro atoms. The number of nitrogens with two attached hydrogens (primary N) is 1. The monoisotopic (exact) mass is 396 g/mol. The average Bonchev–Trinajstić information content (AvgIpc) is 3.44. The lowest BCUT2D eigenvalue weighted by Crippen LogP contribution is -2.32. The second kappa shape index (κ2) is 9.27. The molecule has 0 aliphatic heterocycles. The summed E-state index contributed by atoms with van der Waals surface area (Å²) in [4.78, 5) is 28.7. The number of rotatable bonds is 9. The molecule has 154 valence electrons. The summed E-state index contributed by atoms with van der Waals surface area (Å²) in [5.41, 5.74) is 8.35. The van der Waals surface area contributed by atoms with Crippen molar-refractivity contribution in [3.8, 4) is 0 Å². The zero-order chi connectivity index (χ0) is 20.8. The molecule has 1 aliphatic carbocycles. The Hall–Kier alpha value is -3.29. The number of carbonyl (C=O) groups is 2. The fourth-order valence-corrected chi connectivity index (χ4v) is 2.91. The number of hydrogen-bond acceptors (Lipinski definition) is 5. The predicted octanol–water partition coefficient (Wildman–Crippen LogP) is 1.66. The van der Waals surface area contributed by atoms with Crippen molar-refractivity contribution in [1.29, 1.82) is 0 Å². The molecule has 0 bridgehead atoms. The molecule has 1 heterocycles. The normalized spacial score (nSPS) is 14.1. The van der Waals surface area contributed by atoms with Crippen LogP contribution in [0.15, 0.2) is 48.1 Å². The van der Waals surface area contributed by atoms with Crippen LogP contribution < -0.4 is 21.7 Å². The Morgan fingerprint density at radius 3 is 2.55 bits per heavy atom. The first-order valence-electron chi connectivity index (χ1n) is 9.89. The van der Waals surface area contributed by atoms with Gasteiger partial charge in [0.05, 0.1) is 0 Å². The number of hydrogen-bond donors (Lipinski definition) is 4. The van der Waals surface area contributed by atoms with Gasteiger partial charge in [0.2, 0.25) is 0 Å². The Bertz CT molecular complexity index is 896. The molecule has 2 aromatic rings. The van der Waals surface area contributed by atoms with E-state index in [0.29, 0.717) is 30.6 Å². The maximum atomic E-state index is 12.5. The third kappa shape index (κ3) is 5.60. The molecule has 0 atom stereocenters. The van der Waals surface area contributed by atoms with Gasteiger partial charge in [-0.3, -0.25) is 9.59 Å². The third-order valence-electron chi connectivity index (χ3n) is 4.78. The van der Waals surface area contributed by atoms with Crippen molar-refractivity contribution in [3.63, 3.8) is 0 Å². The van der Waals surface area contributed by atoms with E-state index in [4.69, 9.17) is 5.73 Å². The van der Waals surface area contributed by atoms with Crippen LogP contribution in [0.25, 0.3) is 0 Å². The van der Waals surface area contributed by atoms with E-state index in [1.165, 1.54) is 0 Å². The number of aromatic nitrogens is 2. The number of imidazole rings is 1. The van der Waals surface area contributed by atoms with Crippen LogP contribution in [0.4, 0.5) is 5.69 Å². The molecule has 1 aromatic carbocycles. The fraction of sp³-hybridized carbons (Fsp3) is 0.381. The highest BCUT2D eigenvalue weighted by Gasteiger charge is 2.25. The summed E-state index contributed by atoms with van der Waals surface area (Å²) in [7, 11) is 1.93. The van der Waals surface area contributed by atoms with Gasteiger partial charge in [0.25, 0.3) is 11.8 Å². The summed E-state index contributed by atoms with van der Waals surface area (Å²) in [5, 5.41) is 8.96. The van der Waals surface area contributed by atoms with E-state index in [0.717, 1.165) is 24.4 Å². The van der Waals surface area contributed by atoms with E-state index < -0.39 is 0 Å². The molecule has 1 aromatic heterocycles. The molecule has 1 saturated carbocycles. The molecule has 2 amide bonds. The number of nitrogens with zero attached hydrogens (tertiary/aromatic N) is 2. The van der Waals surface area contributed by atoms with Crippen LogP contribution in [0, 0.1) is 0 Å². The number of carbonyl (C=O) groups excluding carboxylic acids is 2. The molecule has 5 N–H and O–H groups in total. The maximum absolute atomic E-state index is 12.5. The van der Waals surface area contributed by atoms with Gasteiger partial charge in [-0.25, -0.2) is 4.98 Å². The Morgan fingerprint density at radius 1 is 1.24 bits per heavy atom. The smallest absolute Gasteiger partial charge is 0.269 e. The van der Waals surface area contributed by atoms with E-state index >= 15 is 0 Å². The van der Waals surface area contributed by atoms with E-state index in [1.54, 1.807) is 30.5 Å². The predicted molar refractivity (Wildman–Crippen MR) is 112 cm³/mol. The van der Waals surface area contributed by atoms with Gasteiger partial charge in [0, 0.05) is 55.4 Å². The average molecular weight is 396 g/mol. The van der Waals surface area contributed by atoms with Gasteiger partial charge in [0.15, 0.2) is 0 Å². The van der Waals surface area contributed by atoms with Crippen molar-refractivity contribution in [3.05, 3.63) is 59.4 Å². The standard InChI is InChI=1S/C21H28N6O2/c1-3-23-20(28)14-4-6-15(7-5-14)25-17(10-11-18-24-12-13-27(18)2)19(22)21(29)26-16-8-9-16/h4-7,12-13,16,25H,3,8-11,22H2,1-2H3,(H,23,28)(H,26,29)/b19-17-. The van der Waals surface area contributed by atoms with E-state index in [2.05, 4.69) is 20.9 Å². The second-order valence-corrected chi connectivity index (χ2v) is 7.16. The van der Waals surface area contributed by atoms with Crippen LogP contribution in [0.5, 0.6) is 0 Å². The van der Waals surface area contributed by atoms with Gasteiger partial charge in [-0.2, -0.15) is 0 Å². The summed E-state index contributed by atoms with van der Waals surface area (Å²) in [6.07, 6.45) is 6.80. The number of anilines is 1. The zero-order valence-corrected chi connectivity index (χ0v) is 16.9. The van der Waals surface area contributed by atoms with Crippen LogP contribution in [-0.2, 0) is 18.3 Å². The number of benzene rings is 1. The summed E-state index contributed by atoms with van der Waals surface area (Å²) in [6, 6.07) is 7.32. The minimum atomic E-state index is -0.256. The molecule has 3 rings (SSSR count). The van der Waals surface area contributed by atoms with E-state index in [-0.39, 0.29) is 23.6 Å². The van der Waals surface area contributed by atoms with Crippen LogP contribution in [-0.4, -0.2) is 34.0 Å². The Labute approximate surface area is 170 Å². The van der Waals surface area contributed by atoms with Crippen molar-refractivity contribution < 1.29 is 9.59 Å². The Morgan fingerprint density at radius 2 is 1.97 bits per heavy atom. The summed E-state index contributed by atoms with van der Waals surface area (Å²) in [6.45, 7) is 2.45. The quantitative estimate of drug-likeness (QED) is 0.482. The van der Waals surface area contributed by atoms with Gasteiger partial charge in [-0.15, -0.1) is 0 Å². The number of aryl methyl sites for hydroxylation is 2. The molecule has 29 heavy (non-hydrogen) atoms. The lowest BCUT2D eigenvalue weighted by molar-refractivity contribution is -0.117. The first kappa shape index (κ1) is 20.4. The first-order valence-corrected chi connectivity index (χ1v) is 9.89. The summed E-state index contributed by atoms with van der Waals surface area (Å²) < 4.78 is 1.94. The molecular weight excluding hydrogens is 368 g/mol. The highest BCUT2D eigenvalue weighted by atomic mass is 16.2. The minimum absolute atomic E-state index is 0.118. The molecule has 1 fully saturated rings. The number of amides is 2. The highest BCUT2D eigenvalue weighted by molar-refractivity contribution is 5.95. The highest BCUT2D eigenvalue weighted by Crippen LogP contribution is 2.20. The minimum Gasteiger partial charge on any atom is -0.393 e. The Kier molecular flexibility index (Phi) is 6.54.